The number of nitrogens with zero attached hydrogens (tertiary/aromatic N) is 2. The van der Waals surface area contributed by atoms with Crippen LogP contribution < -0.4 is 10.3 Å². The molecule has 0 aliphatic heterocycles. The van der Waals surface area contributed by atoms with E-state index in [-0.39, 0.29) is 24.6 Å². The third-order valence-electron chi connectivity index (χ3n) is 4.11. The molecule has 0 saturated carbocycles. The smallest absolute Gasteiger partial charge is 0.306 e. The highest BCUT2D eigenvalue weighted by Gasteiger charge is 2.09. The monoisotopic (exact) mass is 366 g/mol. The van der Waals surface area contributed by atoms with Crippen molar-refractivity contribution in [2.45, 2.75) is 33.3 Å². The molecule has 27 heavy (non-hydrogen) atoms. The summed E-state index contributed by atoms with van der Waals surface area (Å²) in [5.74, 6) is 0.444. The van der Waals surface area contributed by atoms with Crippen LogP contribution in [0.15, 0.2) is 53.5 Å². The largest absolute Gasteiger partial charge is 0.494 e. The minimum Gasteiger partial charge on any atom is -0.494 e. The Labute approximate surface area is 157 Å². The van der Waals surface area contributed by atoms with E-state index in [0.717, 1.165) is 16.9 Å². The van der Waals surface area contributed by atoms with Gasteiger partial charge in [0.05, 0.1) is 12.3 Å². The van der Waals surface area contributed by atoms with Gasteiger partial charge in [0, 0.05) is 18.7 Å². The van der Waals surface area contributed by atoms with E-state index < -0.39 is 0 Å². The Balaban J connectivity index is 1.60. The first-order chi connectivity index (χ1) is 13.1. The second kappa shape index (κ2) is 8.49. The van der Waals surface area contributed by atoms with Crippen molar-refractivity contribution in [1.82, 2.24) is 9.38 Å². The van der Waals surface area contributed by atoms with E-state index in [4.69, 9.17) is 9.47 Å². The number of pyridine rings is 1. The summed E-state index contributed by atoms with van der Waals surface area (Å²) in [6.07, 6.45) is 2.49. The molecular formula is C21H22N2O4. The molecule has 0 bridgehead atoms. The number of hydrogen-bond donors (Lipinski definition) is 0. The van der Waals surface area contributed by atoms with E-state index >= 15 is 0 Å². The quantitative estimate of drug-likeness (QED) is 0.601. The van der Waals surface area contributed by atoms with Gasteiger partial charge >= 0.3 is 5.97 Å². The number of fused-ring (bicyclic) bond motifs is 1. The summed E-state index contributed by atoms with van der Waals surface area (Å²) in [6.45, 7) is 4.38. The Morgan fingerprint density at radius 3 is 2.81 bits per heavy atom. The number of aryl methyl sites for hydroxylation is 2. The molecule has 140 valence electrons. The van der Waals surface area contributed by atoms with Crippen LogP contribution >= 0.6 is 0 Å². The van der Waals surface area contributed by atoms with Crippen molar-refractivity contribution in [2.24, 2.45) is 0 Å². The van der Waals surface area contributed by atoms with Crippen LogP contribution in [0.4, 0.5) is 0 Å². The third kappa shape index (κ3) is 4.73. The van der Waals surface area contributed by atoms with Crippen LogP contribution in [-0.4, -0.2) is 22.0 Å². The van der Waals surface area contributed by atoms with Crippen molar-refractivity contribution in [3.05, 3.63) is 75.8 Å². The van der Waals surface area contributed by atoms with Gasteiger partial charge in [0.15, 0.2) is 0 Å². The van der Waals surface area contributed by atoms with Gasteiger partial charge in [-0.3, -0.25) is 14.0 Å². The zero-order valence-corrected chi connectivity index (χ0v) is 15.5. The fourth-order valence-corrected chi connectivity index (χ4v) is 2.80. The summed E-state index contributed by atoms with van der Waals surface area (Å²) in [6, 6.07) is 12.7. The van der Waals surface area contributed by atoms with Crippen LogP contribution in [0, 0.1) is 6.92 Å². The summed E-state index contributed by atoms with van der Waals surface area (Å²) < 4.78 is 12.3. The molecule has 6 nitrogen and oxygen atoms in total. The molecule has 0 aliphatic carbocycles. The molecule has 0 unspecified atom stereocenters. The third-order valence-corrected chi connectivity index (χ3v) is 4.11. The molecule has 1 aromatic carbocycles. The lowest BCUT2D eigenvalue weighted by Crippen LogP contribution is -2.17. The molecule has 2 aromatic heterocycles. The summed E-state index contributed by atoms with van der Waals surface area (Å²) in [4.78, 5) is 28.6. The van der Waals surface area contributed by atoms with Crippen LogP contribution in [0.5, 0.6) is 5.75 Å². The Kier molecular flexibility index (Phi) is 5.86. The Hall–Kier alpha value is -3.15. The molecule has 0 saturated heterocycles. The van der Waals surface area contributed by atoms with E-state index in [1.54, 1.807) is 12.3 Å². The van der Waals surface area contributed by atoms with Gasteiger partial charge in [-0.2, -0.15) is 0 Å². The lowest BCUT2D eigenvalue weighted by atomic mass is 10.1. The number of aromatic nitrogens is 2. The van der Waals surface area contributed by atoms with E-state index in [1.165, 1.54) is 10.5 Å². The molecule has 0 aliphatic rings. The highest BCUT2D eigenvalue weighted by Crippen LogP contribution is 2.19. The minimum absolute atomic E-state index is 0.0223. The second-order valence-corrected chi connectivity index (χ2v) is 6.22. The van der Waals surface area contributed by atoms with Crippen molar-refractivity contribution in [1.29, 1.82) is 0 Å². The number of benzene rings is 1. The lowest BCUT2D eigenvalue weighted by molar-refractivity contribution is -0.145. The normalized spacial score (nSPS) is 10.7. The van der Waals surface area contributed by atoms with Gasteiger partial charge in [0.1, 0.15) is 18.0 Å². The van der Waals surface area contributed by atoms with Gasteiger partial charge < -0.3 is 9.47 Å². The van der Waals surface area contributed by atoms with Gasteiger partial charge in [-0.05, 0) is 43.5 Å². The van der Waals surface area contributed by atoms with Crippen LogP contribution in [0.3, 0.4) is 0 Å². The highest BCUT2D eigenvalue weighted by atomic mass is 16.5. The number of ether oxygens (including phenoxy) is 2. The Morgan fingerprint density at radius 2 is 2.00 bits per heavy atom. The zero-order valence-electron chi connectivity index (χ0n) is 15.5. The topological polar surface area (TPSA) is 69.9 Å². The van der Waals surface area contributed by atoms with E-state index in [1.807, 2.05) is 44.2 Å². The predicted octanol–water partition coefficient (Wildman–Crippen LogP) is 3.08. The fourth-order valence-electron chi connectivity index (χ4n) is 2.80. The average molecular weight is 366 g/mol. The van der Waals surface area contributed by atoms with Gasteiger partial charge in [0.2, 0.25) is 0 Å². The summed E-state index contributed by atoms with van der Waals surface area (Å²) in [5.41, 5.74) is 2.71. The van der Waals surface area contributed by atoms with E-state index in [2.05, 4.69) is 4.98 Å². The molecule has 2 heterocycles. The van der Waals surface area contributed by atoms with E-state index in [0.29, 0.717) is 24.4 Å². The first kappa shape index (κ1) is 18.6. The van der Waals surface area contributed by atoms with E-state index in [9.17, 15) is 9.59 Å². The number of carbonyl (C=O) groups is 1. The Bertz CT molecular complexity index is 1010. The van der Waals surface area contributed by atoms with Crippen molar-refractivity contribution in [3.8, 4) is 5.75 Å². The zero-order chi connectivity index (χ0) is 19.2. The van der Waals surface area contributed by atoms with Crippen LogP contribution in [-0.2, 0) is 22.6 Å². The van der Waals surface area contributed by atoms with Crippen molar-refractivity contribution in [3.63, 3.8) is 0 Å². The summed E-state index contributed by atoms with van der Waals surface area (Å²) >= 11 is 0. The molecule has 6 heteroatoms. The number of para-hydroxylation sites is 1. The molecule has 0 radical (unpaired) electrons. The first-order valence-electron chi connectivity index (χ1n) is 8.92. The molecule has 0 fully saturated rings. The van der Waals surface area contributed by atoms with Crippen molar-refractivity contribution in [2.75, 3.05) is 6.61 Å². The maximum atomic E-state index is 12.2. The first-order valence-corrected chi connectivity index (χ1v) is 8.92. The predicted molar refractivity (Wildman–Crippen MR) is 102 cm³/mol. The lowest BCUT2D eigenvalue weighted by Gasteiger charge is -2.10. The molecular weight excluding hydrogens is 344 g/mol. The number of rotatable bonds is 7. The molecule has 0 atom stereocenters. The number of hydrogen-bond acceptors (Lipinski definition) is 5. The van der Waals surface area contributed by atoms with Crippen molar-refractivity contribution < 1.29 is 14.3 Å². The van der Waals surface area contributed by atoms with Gasteiger partial charge in [0.25, 0.3) is 5.56 Å². The Morgan fingerprint density at radius 1 is 1.19 bits per heavy atom. The summed E-state index contributed by atoms with van der Waals surface area (Å²) in [5, 5.41) is 0. The number of carbonyl (C=O) groups excluding carboxylic acids is 1. The average Bonchev–Trinajstić information content (AvgIpc) is 2.66. The van der Waals surface area contributed by atoms with Crippen LogP contribution in [0.25, 0.3) is 5.65 Å². The fraction of sp³-hybridized carbons (Fsp3) is 0.286. The van der Waals surface area contributed by atoms with Gasteiger partial charge in [-0.15, -0.1) is 0 Å². The minimum atomic E-state index is -0.341. The number of esters is 1. The highest BCUT2D eigenvalue weighted by molar-refractivity contribution is 5.69. The van der Waals surface area contributed by atoms with Gasteiger partial charge in [-0.25, -0.2) is 4.98 Å². The molecule has 0 spiro atoms. The standard InChI is InChI=1S/C21H22N2O4/c1-3-26-18-7-5-4-6-16(18)9-11-21(25)27-14-17-12-20(24)23-13-15(2)8-10-19(23)22-17/h4-8,10,12-13H,3,9,11,14H2,1-2H3. The SMILES string of the molecule is CCOc1ccccc1CCC(=O)OCc1cc(=O)n2cc(C)ccc2n1. The van der Waals surface area contributed by atoms with Gasteiger partial charge in [-0.1, -0.05) is 24.3 Å². The molecule has 3 aromatic rings. The molecule has 3 rings (SSSR count). The van der Waals surface area contributed by atoms with Crippen molar-refractivity contribution >= 4 is 11.6 Å². The maximum absolute atomic E-state index is 12.2. The molecule has 0 amide bonds. The molecule has 0 N–H and O–H groups in total. The maximum Gasteiger partial charge on any atom is 0.306 e. The second-order valence-electron chi connectivity index (χ2n) is 6.22. The van der Waals surface area contributed by atoms with Crippen LogP contribution in [0.2, 0.25) is 0 Å². The summed E-state index contributed by atoms with van der Waals surface area (Å²) in [7, 11) is 0. The van der Waals surface area contributed by atoms with Crippen LogP contribution in [0.1, 0.15) is 30.2 Å².